The quantitative estimate of drug-likeness (QED) is 0.900. The van der Waals surface area contributed by atoms with E-state index in [1.54, 1.807) is 19.2 Å². The number of methoxy groups -OCH3 is 1. The van der Waals surface area contributed by atoms with Crippen LogP contribution >= 0.6 is 0 Å². The number of rotatable bonds is 4. The second kappa shape index (κ2) is 5.53. The van der Waals surface area contributed by atoms with Crippen molar-refractivity contribution in [3.8, 4) is 5.75 Å². The summed E-state index contributed by atoms with van der Waals surface area (Å²) in [5.74, 6) is 1.26. The van der Waals surface area contributed by atoms with Gasteiger partial charge in [0, 0.05) is 6.04 Å². The van der Waals surface area contributed by atoms with E-state index in [0.29, 0.717) is 17.6 Å². The molecule has 0 spiro atoms. The van der Waals surface area contributed by atoms with Crippen LogP contribution in [0.2, 0.25) is 0 Å². The van der Waals surface area contributed by atoms with Crippen molar-refractivity contribution in [1.82, 2.24) is 0 Å². The molecule has 1 aliphatic carbocycles. The van der Waals surface area contributed by atoms with Crippen LogP contribution in [0.15, 0.2) is 48.5 Å². The molecule has 0 radical (unpaired) electrons. The van der Waals surface area contributed by atoms with Gasteiger partial charge in [0.15, 0.2) is 0 Å². The molecule has 1 aliphatic rings. The number of ether oxygens (including phenoxy) is 1. The minimum absolute atomic E-state index is 0.180. The first-order valence-electron chi connectivity index (χ1n) is 6.91. The number of halogens is 1. The van der Waals surface area contributed by atoms with Crippen molar-refractivity contribution < 1.29 is 9.13 Å². The number of anilines is 1. The molecular formula is C17H18FNO. The van der Waals surface area contributed by atoms with Crippen molar-refractivity contribution in [1.29, 1.82) is 0 Å². The third-order valence-corrected chi connectivity index (χ3v) is 3.96. The molecule has 0 atom stereocenters. The van der Waals surface area contributed by atoms with Crippen LogP contribution in [0.1, 0.15) is 24.3 Å². The van der Waals surface area contributed by atoms with Crippen LogP contribution in [0.5, 0.6) is 5.75 Å². The predicted octanol–water partition coefficient (Wildman–Crippen LogP) is 4.19. The molecule has 3 rings (SSSR count). The molecule has 0 aliphatic heterocycles. The first-order valence-corrected chi connectivity index (χ1v) is 6.91. The van der Waals surface area contributed by atoms with Gasteiger partial charge in [0.1, 0.15) is 11.6 Å². The topological polar surface area (TPSA) is 21.3 Å². The Morgan fingerprint density at radius 2 is 1.75 bits per heavy atom. The van der Waals surface area contributed by atoms with Crippen LogP contribution in [0.25, 0.3) is 0 Å². The van der Waals surface area contributed by atoms with E-state index in [1.165, 1.54) is 11.6 Å². The summed E-state index contributed by atoms with van der Waals surface area (Å²) in [5.41, 5.74) is 1.93. The molecule has 0 unspecified atom stereocenters. The van der Waals surface area contributed by atoms with Gasteiger partial charge in [-0.15, -0.1) is 0 Å². The van der Waals surface area contributed by atoms with Crippen LogP contribution < -0.4 is 10.1 Å². The number of para-hydroxylation sites is 1. The van der Waals surface area contributed by atoms with Gasteiger partial charge in [0.2, 0.25) is 0 Å². The monoisotopic (exact) mass is 271 g/mol. The van der Waals surface area contributed by atoms with E-state index in [2.05, 4.69) is 17.4 Å². The molecule has 2 aromatic carbocycles. The highest BCUT2D eigenvalue weighted by molar-refractivity contribution is 5.46. The molecule has 3 heteroatoms. The summed E-state index contributed by atoms with van der Waals surface area (Å²) >= 11 is 0. The number of nitrogens with one attached hydrogen (secondary N) is 1. The molecule has 0 bridgehead atoms. The molecule has 1 N–H and O–H groups in total. The Morgan fingerprint density at radius 1 is 1.05 bits per heavy atom. The lowest BCUT2D eigenvalue weighted by Gasteiger charge is -2.37. The van der Waals surface area contributed by atoms with E-state index >= 15 is 0 Å². The maximum Gasteiger partial charge on any atom is 0.146 e. The van der Waals surface area contributed by atoms with Crippen LogP contribution in [0.4, 0.5) is 10.1 Å². The van der Waals surface area contributed by atoms with E-state index in [9.17, 15) is 4.39 Å². The minimum Gasteiger partial charge on any atom is -0.497 e. The van der Waals surface area contributed by atoms with E-state index < -0.39 is 0 Å². The van der Waals surface area contributed by atoms with Crippen molar-refractivity contribution in [3.05, 3.63) is 59.9 Å². The van der Waals surface area contributed by atoms with Gasteiger partial charge in [0.25, 0.3) is 0 Å². The zero-order valence-corrected chi connectivity index (χ0v) is 11.5. The molecule has 1 fully saturated rings. The lowest BCUT2D eigenvalue weighted by Crippen LogP contribution is -2.34. The summed E-state index contributed by atoms with van der Waals surface area (Å²) in [6.07, 6.45) is 2.08. The van der Waals surface area contributed by atoms with Gasteiger partial charge in [-0.2, -0.15) is 0 Å². The van der Waals surface area contributed by atoms with Gasteiger partial charge in [-0.05, 0) is 48.6 Å². The van der Waals surface area contributed by atoms with Gasteiger partial charge >= 0.3 is 0 Å². The van der Waals surface area contributed by atoms with Crippen molar-refractivity contribution >= 4 is 5.69 Å². The molecule has 0 saturated heterocycles. The van der Waals surface area contributed by atoms with Crippen molar-refractivity contribution in [2.45, 2.75) is 24.8 Å². The minimum atomic E-state index is -0.180. The van der Waals surface area contributed by atoms with Crippen LogP contribution in [0.3, 0.4) is 0 Å². The number of benzene rings is 2. The Kier molecular flexibility index (Phi) is 3.59. The third-order valence-electron chi connectivity index (χ3n) is 3.96. The lowest BCUT2D eigenvalue weighted by molar-refractivity contribution is 0.372. The van der Waals surface area contributed by atoms with Crippen LogP contribution in [-0.2, 0) is 0 Å². The summed E-state index contributed by atoms with van der Waals surface area (Å²) in [7, 11) is 1.67. The highest BCUT2D eigenvalue weighted by atomic mass is 19.1. The molecule has 0 heterocycles. The number of hydrogen-bond donors (Lipinski definition) is 1. The molecule has 0 aromatic heterocycles. The van der Waals surface area contributed by atoms with E-state index in [4.69, 9.17) is 4.74 Å². The van der Waals surface area contributed by atoms with Gasteiger partial charge in [-0.1, -0.05) is 24.3 Å². The molecule has 1 saturated carbocycles. The average Bonchev–Trinajstić information content (AvgIpc) is 2.44. The van der Waals surface area contributed by atoms with E-state index in [-0.39, 0.29) is 5.82 Å². The molecule has 0 amide bonds. The summed E-state index contributed by atoms with van der Waals surface area (Å²) in [6, 6.07) is 15.4. The SMILES string of the molecule is COc1ccc(C2CC(Nc3ccccc3F)C2)cc1. The van der Waals surface area contributed by atoms with Gasteiger partial charge < -0.3 is 10.1 Å². The fourth-order valence-corrected chi connectivity index (χ4v) is 2.68. The standard InChI is InChI=1S/C17H18FNO/c1-20-15-8-6-12(7-9-15)13-10-14(11-13)19-17-5-3-2-4-16(17)18/h2-9,13-14,19H,10-11H2,1H3. The molecule has 104 valence electrons. The van der Waals surface area contributed by atoms with Gasteiger partial charge in [-0.25, -0.2) is 4.39 Å². The largest absolute Gasteiger partial charge is 0.497 e. The molecule has 20 heavy (non-hydrogen) atoms. The molecule has 2 aromatic rings. The van der Waals surface area contributed by atoms with Gasteiger partial charge in [-0.3, -0.25) is 0 Å². The Bertz CT molecular complexity index is 576. The van der Waals surface area contributed by atoms with Gasteiger partial charge in [0.05, 0.1) is 12.8 Å². The first kappa shape index (κ1) is 13.0. The smallest absolute Gasteiger partial charge is 0.146 e. The maximum absolute atomic E-state index is 13.5. The van der Waals surface area contributed by atoms with Crippen molar-refractivity contribution in [3.63, 3.8) is 0 Å². The Balaban J connectivity index is 1.57. The third kappa shape index (κ3) is 2.62. The summed E-state index contributed by atoms with van der Waals surface area (Å²) in [5, 5.41) is 3.27. The Labute approximate surface area is 118 Å². The zero-order chi connectivity index (χ0) is 13.9. The molecular weight excluding hydrogens is 253 g/mol. The van der Waals surface area contributed by atoms with Crippen molar-refractivity contribution in [2.75, 3.05) is 12.4 Å². The Hall–Kier alpha value is -2.03. The average molecular weight is 271 g/mol. The van der Waals surface area contributed by atoms with Crippen molar-refractivity contribution in [2.24, 2.45) is 0 Å². The predicted molar refractivity (Wildman–Crippen MR) is 78.8 cm³/mol. The highest BCUT2D eigenvalue weighted by Gasteiger charge is 2.30. The van der Waals surface area contributed by atoms with Crippen LogP contribution in [-0.4, -0.2) is 13.2 Å². The fraction of sp³-hybridized carbons (Fsp3) is 0.294. The highest BCUT2D eigenvalue weighted by Crippen LogP contribution is 2.39. The van der Waals surface area contributed by atoms with E-state index in [1.807, 2.05) is 18.2 Å². The summed E-state index contributed by atoms with van der Waals surface area (Å²) in [4.78, 5) is 0. The maximum atomic E-state index is 13.5. The van der Waals surface area contributed by atoms with Crippen LogP contribution in [0, 0.1) is 5.82 Å². The summed E-state index contributed by atoms with van der Waals surface area (Å²) < 4.78 is 18.7. The normalized spacial score (nSPS) is 21.1. The molecule has 2 nitrogen and oxygen atoms in total. The number of hydrogen-bond acceptors (Lipinski definition) is 2. The zero-order valence-electron chi connectivity index (χ0n) is 11.5. The summed E-state index contributed by atoms with van der Waals surface area (Å²) in [6.45, 7) is 0. The first-order chi connectivity index (χ1) is 9.76. The lowest BCUT2D eigenvalue weighted by atomic mass is 9.76. The fourth-order valence-electron chi connectivity index (χ4n) is 2.68. The second-order valence-electron chi connectivity index (χ2n) is 5.26. The second-order valence-corrected chi connectivity index (χ2v) is 5.26. The van der Waals surface area contributed by atoms with E-state index in [0.717, 1.165) is 18.6 Å². The Morgan fingerprint density at radius 3 is 2.40 bits per heavy atom.